The van der Waals surface area contributed by atoms with Gasteiger partial charge in [-0.2, -0.15) is 0 Å². The maximum absolute atomic E-state index is 11.8. The minimum absolute atomic E-state index is 0.271. The van der Waals surface area contributed by atoms with E-state index < -0.39 is 0 Å². The molecule has 1 aliphatic heterocycles. The summed E-state index contributed by atoms with van der Waals surface area (Å²) in [6, 6.07) is 10.2. The zero-order valence-electron chi connectivity index (χ0n) is 14.4. The van der Waals surface area contributed by atoms with Gasteiger partial charge in [0, 0.05) is 13.1 Å². The third kappa shape index (κ3) is 4.32. The van der Waals surface area contributed by atoms with Crippen LogP contribution < -0.4 is 4.90 Å². The fraction of sp³-hybridized carbons (Fsp3) is 0.471. The van der Waals surface area contributed by atoms with Gasteiger partial charge in [-0.15, -0.1) is 10.2 Å². The van der Waals surface area contributed by atoms with Gasteiger partial charge in [0.1, 0.15) is 5.25 Å². The maximum Gasteiger partial charge on any atom is 0.318 e. The summed E-state index contributed by atoms with van der Waals surface area (Å²) in [5, 5.41) is 9.08. The van der Waals surface area contributed by atoms with Crippen LogP contribution in [-0.4, -0.2) is 59.4 Å². The van der Waals surface area contributed by atoms with E-state index >= 15 is 0 Å². The van der Waals surface area contributed by atoms with E-state index in [2.05, 4.69) is 31.8 Å². The average molecular weight is 362 g/mol. The Morgan fingerprint density at radius 1 is 1.28 bits per heavy atom. The van der Waals surface area contributed by atoms with Gasteiger partial charge < -0.3 is 14.4 Å². The van der Waals surface area contributed by atoms with Crippen LogP contribution in [0.25, 0.3) is 0 Å². The van der Waals surface area contributed by atoms with Gasteiger partial charge in [0.2, 0.25) is 5.95 Å². The van der Waals surface area contributed by atoms with Crippen LogP contribution in [0.5, 0.6) is 0 Å². The number of methoxy groups -OCH3 is 1. The van der Waals surface area contributed by atoms with Crippen molar-refractivity contribution in [2.45, 2.75) is 23.9 Å². The lowest BCUT2D eigenvalue weighted by atomic mass is 10.2. The lowest BCUT2D eigenvalue weighted by molar-refractivity contribution is -0.139. The number of benzene rings is 1. The molecule has 1 atom stereocenters. The van der Waals surface area contributed by atoms with Crippen molar-refractivity contribution < 1.29 is 14.3 Å². The number of aromatic nitrogens is 3. The van der Waals surface area contributed by atoms with Crippen LogP contribution in [0, 0.1) is 0 Å². The van der Waals surface area contributed by atoms with Crippen LogP contribution in [0.1, 0.15) is 12.5 Å². The number of hydrogen-bond acceptors (Lipinski definition) is 7. The second-order valence-corrected chi connectivity index (χ2v) is 7.04. The minimum atomic E-state index is -0.346. The number of thioether (sulfide) groups is 1. The number of esters is 1. The third-order valence-corrected chi connectivity index (χ3v) is 5.05. The number of carbonyl (C=O) groups excluding carboxylic acids is 1. The molecule has 0 bridgehead atoms. The SMILES string of the molecule is COC(=O)[C@@H](C)Sc1nnc(N2CCOCC2)n1Cc1ccccc1. The summed E-state index contributed by atoms with van der Waals surface area (Å²) in [7, 11) is 1.40. The van der Waals surface area contributed by atoms with E-state index in [1.165, 1.54) is 18.9 Å². The number of carbonyl (C=O) groups is 1. The van der Waals surface area contributed by atoms with Crippen LogP contribution in [0.4, 0.5) is 5.95 Å². The molecule has 25 heavy (non-hydrogen) atoms. The second kappa shape index (κ2) is 8.35. The first-order valence-corrected chi connectivity index (χ1v) is 9.11. The Balaban J connectivity index is 1.88. The number of ether oxygens (including phenoxy) is 2. The van der Waals surface area contributed by atoms with Crippen molar-refractivity contribution >= 4 is 23.7 Å². The first-order chi connectivity index (χ1) is 12.2. The fourth-order valence-corrected chi connectivity index (χ4v) is 3.51. The highest BCUT2D eigenvalue weighted by Gasteiger charge is 2.24. The Kier molecular flexibility index (Phi) is 5.93. The number of nitrogens with zero attached hydrogens (tertiary/aromatic N) is 4. The fourth-order valence-electron chi connectivity index (χ4n) is 2.64. The van der Waals surface area contributed by atoms with E-state index in [9.17, 15) is 4.79 Å². The van der Waals surface area contributed by atoms with Gasteiger partial charge >= 0.3 is 5.97 Å². The van der Waals surface area contributed by atoms with E-state index in [4.69, 9.17) is 9.47 Å². The summed E-state index contributed by atoms with van der Waals surface area (Å²) in [6.07, 6.45) is 0. The molecule has 1 saturated heterocycles. The van der Waals surface area contributed by atoms with Gasteiger partial charge in [-0.25, -0.2) is 0 Å². The quantitative estimate of drug-likeness (QED) is 0.573. The maximum atomic E-state index is 11.8. The molecule has 0 aliphatic carbocycles. The van der Waals surface area contributed by atoms with Crippen LogP contribution in [0.2, 0.25) is 0 Å². The molecule has 1 aromatic carbocycles. The molecule has 1 aliphatic rings. The molecule has 0 saturated carbocycles. The molecule has 8 heteroatoms. The van der Waals surface area contributed by atoms with Crippen molar-refractivity contribution in [1.82, 2.24) is 14.8 Å². The highest BCUT2D eigenvalue weighted by Crippen LogP contribution is 2.27. The first-order valence-electron chi connectivity index (χ1n) is 8.23. The summed E-state index contributed by atoms with van der Waals surface area (Å²) < 4.78 is 12.3. The number of morpholine rings is 1. The minimum Gasteiger partial charge on any atom is -0.468 e. The van der Waals surface area contributed by atoms with Gasteiger partial charge in [0.25, 0.3) is 0 Å². The van der Waals surface area contributed by atoms with Crippen LogP contribution in [-0.2, 0) is 20.8 Å². The molecule has 0 amide bonds. The predicted octanol–water partition coefficient (Wildman–Crippen LogP) is 1.82. The summed E-state index contributed by atoms with van der Waals surface area (Å²) in [5.74, 6) is 0.541. The Bertz CT molecular complexity index is 701. The Morgan fingerprint density at radius 2 is 2.00 bits per heavy atom. The molecule has 0 unspecified atom stereocenters. The van der Waals surface area contributed by atoms with E-state index in [1.54, 1.807) is 0 Å². The normalized spacial score (nSPS) is 15.8. The molecule has 1 fully saturated rings. The summed E-state index contributed by atoms with van der Waals surface area (Å²) in [6.45, 7) is 5.38. The largest absolute Gasteiger partial charge is 0.468 e. The van der Waals surface area contributed by atoms with Crippen molar-refractivity contribution in [3.8, 4) is 0 Å². The van der Waals surface area contributed by atoms with Crippen LogP contribution in [0.3, 0.4) is 0 Å². The van der Waals surface area contributed by atoms with Crippen molar-refractivity contribution in [3.05, 3.63) is 35.9 Å². The van der Waals surface area contributed by atoms with Crippen molar-refractivity contribution in [3.63, 3.8) is 0 Å². The molecule has 2 aromatic rings. The Labute approximate surface area is 151 Å². The monoisotopic (exact) mass is 362 g/mol. The number of anilines is 1. The molecule has 7 nitrogen and oxygen atoms in total. The molecule has 0 N–H and O–H groups in total. The summed E-state index contributed by atoms with van der Waals surface area (Å²) in [4.78, 5) is 13.9. The second-order valence-electron chi connectivity index (χ2n) is 5.74. The number of hydrogen-bond donors (Lipinski definition) is 0. The zero-order valence-corrected chi connectivity index (χ0v) is 15.2. The van der Waals surface area contributed by atoms with Crippen LogP contribution in [0.15, 0.2) is 35.5 Å². The number of rotatable bonds is 6. The standard InChI is InChI=1S/C17H22N4O3S/c1-13(15(22)23-2)25-17-19-18-16(20-8-10-24-11-9-20)21(17)12-14-6-4-3-5-7-14/h3-7,13H,8-12H2,1-2H3/t13-/m1/s1. The van der Waals surface area contributed by atoms with Gasteiger partial charge in [0.15, 0.2) is 5.16 Å². The molecule has 3 rings (SSSR count). The zero-order chi connectivity index (χ0) is 17.6. The summed E-state index contributed by atoms with van der Waals surface area (Å²) >= 11 is 1.36. The molecule has 0 radical (unpaired) electrons. The van der Waals surface area contributed by atoms with Crippen LogP contribution >= 0.6 is 11.8 Å². The molecule has 2 heterocycles. The van der Waals surface area contributed by atoms with E-state index in [-0.39, 0.29) is 11.2 Å². The first kappa shape index (κ1) is 17.8. The van der Waals surface area contributed by atoms with E-state index in [1.807, 2.05) is 25.1 Å². The molecular weight excluding hydrogens is 340 g/mol. The van der Waals surface area contributed by atoms with E-state index in [0.29, 0.717) is 24.9 Å². The third-order valence-electron chi connectivity index (χ3n) is 3.99. The molecule has 0 spiro atoms. The highest BCUT2D eigenvalue weighted by atomic mass is 32.2. The van der Waals surface area contributed by atoms with Gasteiger partial charge in [-0.3, -0.25) is 9.36 Å². The lowest BCUT2D eigenvalue weighted by Crippen LogP contribution is -2.38. The van der Waals surface area contributed by atoms with Crippen molar-refractivity contribution in [2.75, 3.05) is 38.3 Å². The Hall–Kier alpha value is -2.06. The van der Waals surface area contributed by atoms with Crippen molar-refractivity contribution in [2.24, 2.45) is 0 Å². The summed E-state index contributed by atoms with van der Waals surface area (Å²) in [5.41, 5.74) is 1.16. The van der Waals surface area contributed by atoms with Gasteiger partial charge in [0.05, 0.1) is 26.9 Å². The van der Waals surface area contributed by atoms with Gasteiger partial charge in [-0.1, -0.05) is 42.1 Å². The Morgan fingerprint density at radius 3 is 2.68 bits per heavy atom. The van der Waals surface area contributed by atoms with Crippen molar-refractivity contribution in [1.29, 1.82) is 0 Å². The molecule has 134 valence electrons. The topological polar surface area (TPSA) is 69.5 Å². The average Bonchev–Trinajstić information content (AvgIpc) is 3.04. The smallest absolute Gasteiger partial charge is 0.318 e. The predicted molar refractivity (Wildman–Crippen MR) is 95.9 cm³/mol. The lowest BCUT2D eigenvalue weighted by Gasteiger charge is -2.28. The molecular formula is C17H22N4O3S. The van der Waals surface area contributed by atoms with E-state index in [0.717, 1.165) is 24.6 Å². The molecule has 1 aromatic heterocycles. The van der Waals surface area contributed by atoms with Gasteiger partial charge in [-0.05, 0) is 12.5 Å². The highest BCUT2D eigenvalue weighted by molar-refractivity contribution is 8.00.